The van der Waals surface area contributed by atoms with Crippen molar-refractivity contribution in [3.63, 3.8) is 0 Å². The molecule has 0 aromatic heterocycles. The fraction of sp³-hybridized carbons (Fsp3) is 1.00. The minimum atomic E-state index is 0.828. The lowest BCUT2D eigenvalue weighted by Gasteiger charge is -2.37. The second kappa shape index (κ2) is 7.79. The lowest BCUT2D eigenvalue weighted by Crippen LogP contribution is -2.44. The van der Waals surface area contributed by atoms with Gasteiger partial charge in [0.2, 0.25) is 0 Å². The quantitative estimate of drug-likeness (QED) is 0.770. The summed E-state index contributed by atoms with van der Waals surface area (Å²) in [5.41, 5.74) is 0. The standard InChI is InChI=1S/C16H31NS/c1-3-9-17-16(15-8-10-18-12-15)14-7-5-6-13(4-2)11-14/h13-17H,3-12H2,1-2H3. The van der Waals surface area contributed by atoms with Crippen LogP contribution in [0.4, 0.5) is 0 Å². The van der Waals surface area contributed by atoms with E-state index in [1.54, 1.807) is 0 Å². The summed E-state index contributed by atoms with van der Waals surface area (Å²) in [5.74, 6) is 5.76. The van der Waals surface area contributed by atoms with Crippen molar-refractivity contribution in [1.82, 2.24) is 5.32 Å². The molecule has 0 bridgehead atoms. The van der Waals surface area contributed by atoms with Crippen LogP contribution in [0.3, 0.4) is 0 Å². The number of thioether (sulfide) groups is 1. The zero-order valence-corrected chi connectivity index (χ0v) is 13.1. The van der Waals surface area contributed by atoms with Crippen molar-refractivity contribution in [3.8, 4) is 0 Å². The molecule has 0 aromatic carbocycles. The second-order valence-corrected chi connectivity index (χ2v) is 7.45. The normalized spacial score (nSPS) is 34.7. The van der Waals surface area contributed by atoms with Crippen molar-refractivity contribution in [2.24, 2.45) is 17.8 Å². The Balaban J connectivity index is 1.93. The lowest BCUT2D eigenvalue weighted by molar-refractivity contribution is 0.175. The van der Waals surface area contributed by atoms with Crippen LogP contribution in [0, 0.1) is 17.8 Å². The Morgan fingerprint density at radius 2 is 2.06 bits per heavy atom. The van der Waals surface area contributed by atoms with Gasteiger partial charge >= 0.3 is 0 Å². The molecule has 1 N–H and O–H groups in total. The molecule has 0 spiro atoms. The minimum absolute atomic E-state index is 0.828. The van der Waals surface area contributed by atoms with E-state index in [1.807, 2.05) is 0 Å². The molecule has 1 aliphatic heterocycles. The largest absolute Gasteiger partial charge is 0.313 e. The van der Waals surface area contributed by atoms with Gasteiger partial charge in [-0.25, -0.2) is 0 Å². The van der Waals surface area contributed by atoms with Crippen LogP contribution >= 0.6 is 11.8 Å². The third kappa shape index (κ3) is 3.90. The highest BCUT2D eigenvalue weighted by atomic mass is 32.2. The number of hydrogen-bond acceptors (Lipinski definition) is 2. The first-order valence-corrected chi connectivity index (χ1v) is 9.31. The van der Waals surface area contributed by atoms with Gasteiger partial charge in [-0.3, -0.25) is 0 Å². The monoisotopic (exact) mass is 269 g/mol. The molecule has 2 aliphatic rings. The smallest absolute Gasteiger partial charge is 0.0132 e. The van der Waals surface area contributed by atoms with Gasteiger partial charge in [0.05, 0.1) is 0 Å². The summed E-state index contributed by atoms with van der Waals surface area (Å²) in [7, 11) is 0. The molecule has 1 heterocycles. The molecule has 1 nitrogen and oxygen atoms in total. The first-order valence-electron chi connectivity index (χ1n) is 8.16. The van der Waals surface area contributed by atoms with E-state index in [0.717, 1.165) is 23.8 Å². The minimum Gasteiger partial charge on any atom is -0.313 e. The van der Waals surface area contributed by atoms with Crippen LogP contribution in [0.15, 0.2) is 0 Å². The molecule has 1 saturated heterocycles. The van der Waals surface area contributed by atoms with Crippen molar-refractivity contribution >= 4 is 11.8 Å². The van der Waals surface area contributed by atoms with Crippen LogP contribution in [0.1, 0.15) is 58.8 Å². The predicted molar refractivity (Wildman–Crippen MR) is 83.3 cm³/mol. The first kappa shape index (κ1) is 14.7. The Hall–Kier alpha value is 0.310. The fourth-order valence-electron chi connectivity index (χ4n) is 3.89. The van der Waals surface area contributed by atoms with Crippen LogP contribution in [-0.4, -0.2) is 24.1 Å². The van der Waals surface area contributed by atoms with Gasteiger partial charge in [-0.1, -0.05) is 33.1 Å². The van der Waals surface area contributed by atoms with Gasteiger partial charge in [0.15, 0.2) is 0 Å². The van der Waals surface area contributed by atoms with E-state index in [0.29, 0.717) is 0 Å². The van der Waals surface area contributed by atoms with E-state index >= 15 is 0 Å². The molecule has 1 saturated carbocycles. The highest BCUT2D eigenvalue weighted by molar-refractivity contribution is 7.99. The van der Waals surface area contributed by atoms with Crippen LogP contribution in [-0.2, 0) is 0 Å². The summed E-state index contributed by atoms with van der Waals surface area (Å²) in [6, 6.07) is 0.828. The Bertz CT molecular complexity index is 225. The number of rotatable bonds is 6. The van der Waals surface area contributed by atoms with Gasteiger partial charge in [0, 0.05) is 6.04 Å². The second-order valence-electron chi connectivity index (χ2n) is 6.30. The summed E-state index contributed by atoms with van der Waals surface area (Å²) in [6.45, 7) is 5.90. The molecule has 18 heavy (non-hydrogen) atoms. The van der Waals surface area contributed by atoms with Gasteiger partial charge in [-0.15, -0.1) is 0 Å². The van der Waals surface area contributed by atoms with Crippen molar-refractivity contribution in [3.05, 3.63) is 0 Å². The molecule has 0 amide bonds. The average Bonchev–Trinajstić information content (AvgIpc) is 2.93. The van der Waals surface area contributed by atoms with Gasteiger partial charge in [0.25, 0.3) is 0 Å². The van der Waals surface area contributed by atoms with E-state index in [2.05, 4.69) is 30.9 Å². The lowest BCUT2D eigenvalue weighted by atomic mass is 9.73. The van der Waals surface area contributed by atoms with E-state index in [4.69, 9.17) is 0 Å². The van der Waals surface area contributed by atoms with Crippen molar-refractivity contribution in [2.45, 2.75) is 64.8 Å². The van der Waals surface area contributed by atoms with E-state index in [9.17, 15) is 0 Å². The van der Waals surface area contributed by atoms with Gasteiger partial charge in [0.1, 0.15) is 0 Å². The van der Waals surface area contributed by atoms with Crippen molar-refractivity contribution in [2.75, 3.05) is 18.1 Å². The maximum atomic E-state index is 3.91. The molecule has 2 rings (SSSR count). The first-order chi connectivity index (χ1) is 8.85. The van der Waals surface area contributed by atoms with Crippen molar-refractivity contribution < 1.29 is 0 Å². The molecule has 2 fully saturated rings. The molecule has 0 radical (unpaired) electrons. The summed E-state index contributed by atoms with van der Waals surface area (Å²) >= 11 is 2.17. The van der Waals surface area contributed by atoms with Crippen LogP contribution < -0.4 is 5.32 Å². The summed E-state index contributed by atoms with van der Waals surface area (Å²) in [6.07, 6.45) is 10.1. The summed E-state index contributed by atoms with van der Waals surface area (Å²) in [5, 5.41) is 3.91. The molecule has 106 valence electrons. The Morgan fingerprint density at radius 1 is 1.17 bits per heavy atom. The Kier molecular flexibility index (Phi) is 6.37. The third-order valence-electron chi connectivity index (χ3n) is 5.01. The number of nitrogens with one attached hydrogen (secondary N) is 1. The zero-order chi connectivity index (χ0) is 12.8. The summed E-state index contributed by atoms with van der Waals surface area (Å²) < 4.78 is 0. The van der Waals surface area contributed by atoms with Crippen molar-refractivity contribution in [1.29, 1.82) is 0 Å². The highest BCUT2D eigenvalue weighted by Gasteiger charge is 2.33. The molecule has 2 heteroatoms. The topological polar surface area (TPSA) is 12.0 Å². The fourth-order valence-corrected chi connectivity index (χ4v) is 5.21. The van der Waals surface area contributed by atoms with Crippen LogP contribution in [0.5, 0.6) is 0 Å². The molecule has 1 aliphatic carbocycles. The van der Waals surface area contributed by atoms with E-state index < -0.39 is 0 Å². The van der Waals surface area contributed by atoms with E-state index in [1.165, 1.54) is 63.0 Å². The Morgan fingerprint density at radius 3 is 2.72 bits per heavy atom. The summed E-state index contributed by atoms with van der Waals surface area (Å²) in [4.78, 5) is 0. The molecular formula is C16H31NS. The molecule has 4 unspecified atom stereocenters. The highest BCUT2D eigenvalue weighted by Crippen LogP contribution is 2.38. The molecule has 4 atom stereocenters. The van der Waals surface area contributed by atoms with Crippen LogP contribution in [0.25, 0.3) is 0 Å². The van der Waals surface area contributed by atoms with Gasteiger partial charge < -0.3 is 5.32 Å². The van der Waals surface area contributed by atoms with Gasteiger partial charge in [-0.05, 0) is 61.5 Å². The molecular weight excluding hydrogens is 238 g/mol. The Labute approximate surface area is 118 Å². The van der Waals surface area contributed by atoms with Crippen LogP contribution in [0.2, 0.25) is 0 Å². The number of hydrogen-bond donors (Lipinski definition) is 1. The average molecular weight is 269 g/mol. The third-order valence-corrected chi connectivity index (χ3v) is 6.20. The SMILES string of the molecule is CCCNC(C1CCSC1)C1CCCC(CC)C1. The molecule has 0 aromatic rings. The maximum absolute atomic E-state index is 3.91. The van der Waals surface area contributed by atoms with Gasteiger partial charge in [-0.2, -0.15) is 11.8 Å². The zero-order valence-electron chi connectivity index (χ0n) is 12.3. The predicted octanol–water partition coefficient (Wildman–Crippen LogP) is 4.32. The van der Waals surface area contributed by atoms with E-state index in [-0.39, 0.29) is 0 Å². The maximum Gasteiger partial charge on any atom is 0.0132 e.